The summed E-state index contributed by atoms with van der Waals surface area (Å²) in [7, 11) is 7.27. The van der Waals surface area contributed by atoms with Gasteiger partial charge >= 0.3 is 0 Å². The molecule has 9 heteroatoms. The molecule has 0 unspecified atom stereocenters. The van der Waals surface area contributed by atoms with Crippen LogP contribution in [0.2, 0.25) is 0 Å². The van der Waals surface area contributed by atoms with Gasteiger partial charge in [0.05, 0.1) is 24.0 Å². The molecule has 1 atom stereocenters. The lowest BCUT2D eigenvalue weighted by molar-refractivity contribution is 0.0824. The highest BCUT2D eigenvalue weighted by atomic mass is 16.5. The number of hydrogen-bond acceptors (Lipinski definition) is 7. The Labute approximate surface area is 147 Å². The van der Waals surface area contributed by atoms with E-state index in [1.165, 1.54) is 0 Å². The zero-order valence-corrected chi connectivity index (χ0v) is 15.2. The van der Waals surface area contributed by atoms with E-state index in [1.807, 2.05) is 19.0 Å². The highest BCUT2D eigenvalue weighted by molar-refractivity contribution is 5.94. The number of aromatic amines is 1. The average molecular weight is 347 g/mol. The molecule has 1 saturated heterocycles. The molecule has 25 heavy (non-hydrogen) atoms. The third-order valence-corrected chi connectivity index (χ3v) is 4.44. The van der Waals surface area contributed by atoms with Crippen molar-refractivity contribution < 1.29 is 9.32 Å². The molecule has 136 valence electrons. The van der Waals surface area contributed by atoms with Gasteiger partial charge in [0.15, 0.2) is 0 Å². The molecule has 9 nitrogen and oxygen atoms in total. The van der Waals surface area contributed by atoms with Crippen molar-refractivity contribution in [2.24, 2.45) is 0 Å². The molecule has 0 aromatic carbocycles. The minimum absolute atomic E-state index is 0.0200. The Morgan fingerprint density at radius 2 is 2.20 bits per heavy atom. The van der Waals surface area contributed by atoms with Crippen molar-refractivity contribution in [1.29, 1.82) is 0 Å². The smallest absolute Gasteiger partial charge is 0.265 e. The minimum atomic E-state index is -0.0200. The minimum Gasteiger partial charge on any atom is -0.345 e. The van der Waals surface area contributed by atoms with Crippen LogP contribution in [0.4, 0.5) is 5.95 Å². The fraction of sp³-hybridized carbons (Fsp3) is 0.625. The number of H-pyrrole nitrogens is 1. The van der Waals surface area contributed by atoms with Crippen molar-refractivity contribution in [3.8, 4) is 0 Å². The van der Waals surface area contributed by atoms with E-state index in [2.05, 4.69) is 25.2 Å². The first-order chi connectivity index (χ1) is 12.0. The molecular weight excluding hydrogens is 322 g/mol. The SMILES string of the molecule is CN(C)C(=O)c1cn[nH]c1[C@@H]1CCCN(Cc2nc(N(C)C)no2)C1. The predicted molar refractivity (Wildman–Crippen MR) is 92.5 cm³/mol. The third kappa shape index (κ3) is 3.81. The Morgan fingerprint density at radius 1 is 1.40 bits per heavy atom. The largest absolute Gasteiger partial charge is 0.345 e. The molecule has 0 spiro atoms. The van der Waals surface area contributed by atoms with Gasteiger partial charge in [-0.05, 0) is 24.5 Å². The van der Waals surface area contributed by atoms with Crippen molar-refractivity contribution >= 4 is 11.9 Å². The first kappa shape index (κ1) is 17.4. The van der Waals surface area contributed by atoms with Crippen LogP contribution in [0.3, 0.4) is 0 Å². The van der Waals surface area contributed by atoms with Gasteiger partial charge in [-0.3, -0.25) is 14.8 Å². The van der Waals surface area contributed by atoms with E-state index < -0.39 is 0 Å². The van der Waals surface area contributed by atoms with Crippen molar-refractivity contribution in [3.63, 3.8) is 0 Å². The van der Waals surface area contributed by atoms with Crippen molar-refractivity contribution in [1.82, 2.24) is 30.1 Å². The van der Waals surface area contributed by atoms with Gasteiger partial charge in [-0.2, -0.15) is 10.1 Å². The van der Waals surface area contributed by atoms with Gasteiger partial charge in [0.1, 0.15) is 0 Å². The number of likely N-dealkylation sites (tertiary alicyclic amines) is 1. The van der Waals surface area contributed by atoms with E-state index in [0.717, 1.165) is 31.6 Å². The van der Waals surface area contributed by atoms with E-state index >= 15 is 0 Å². The molecule has 0 radical (unpaired) electrons. The summed E-state index contributed by atoms with van der Waals surface area (Å²) < 4.78 is 5.32. The summed E-state index contributed by atoms with van der Waals surface area (Å²) in [5, 5.41) is 11.1. The van der Waals surface area contributed by atoms with E-state index in [9.17, 15) is 4.79 Å². The maximum atomic E-state index is 12.3. The second-order valence-corrected chi connectivity index (χ2v) is 6.85. The summed E-state index contributed by atoms with van der Waals surface area (Å²) in [6.07, 6.45) is 3.70. The van der Waals surface area contributed by atoms with Crippen LogP contribution in [0.15, 0.2) is 10.7 Å². The van der Waals surface area contributed by atoms with Crippen LogP contribution in [-0.2, 0) is 6.54 Å². The van der Waals surface area contributed by atoms with Crippen LogP contribution >= 0.6 is 0 Å². The lowest BCUT2D eigenvalue weighted by Crippen LogP contribution is -2.35. The molecular formula is C16H25N7O2. The number of nitrogens with one attached hydrogen (secondary N) is 1. The standard InChI is InChI=1S/C16H25N7O2/c1-21(2)15(24)12-8-17-19-14(12)11-6-5-7-23(9-11)10-13-18-16(20-25-13)22(3)4/h8,11H,5-7,9-10H2,1-4H3,(H,17,19)/t11-/m1/s1. The number of carbonyl (C=O) groups excluding carboxylic acids is 1. The van der Waals surface area contributed by atoms with Crippen LogP contribution < -0.4 is 4.90 Å². The summed E-state index contributed by atoms with van der Waals surface area (Å²) in [5.74, 6) is 1.41. The summed E-state index contributed by atoms with van der Waals surface area (Å²) in [6, 6.07) is 0. The predicted octanol–water partition coefficient (Wildman–Crippen LogP) is 0.940. The quantitative estimate of drug-likeness (QED) is 0.860. The molecule has 0 aliphatic carbocycles. The number of aromatic nitrogens is 4. The fourth-order valence-electron chi connectivity index (χ4n) is 3.14. The maximum Gasteiger partial charge on any atom is 0.265 e. The molecule has 1 N–H and O–H groups in total. The zero-order valence-electron chi connectivity index (χ0n) is 15.2. The molecule has 3 rings (SSSR count). The number of anilines is 1. The Balaban J connectivity index is 1.69. The molecule has 1 amide bonds. The van der Waals surface area contributed by atoms with Gasteiger partial charge in [0, 0.05) is 40.7 Å². The number of hydrogen-bond donors (Lipinski definition) is 1. The lowest BCUT2D eigenvalue weighted by atomic mass is 9.92. The van der Waals surface area contributed by atoms with Gasteiger partial charge in [0.2, 0.25) is 5.89 Å². The van der Waals surface area contributed by atoms with Gasteiger partial charge in [-0.15, -0.1) is 0 Å². The summed E-state index contributed by atoms with van der Waals surface area (Å²) in [5.41, 5.74) is 1.58. The molecule has 0 bridgehead atoms. The van der Waals surface area contributed by atoms with Crippen LogP contribution in [0.1, 0.15) is 40.7 Å². The number of carbonyl (C=O) groups is 1. The highest BCUT2D eigenvalue weighted by Crippen LogP contribution is 2.29. The second-order valence-electron chi connectivity index (χ2n) is 6.85. The van der Waals surface area contributed by atoms with Gasteiger partial charge < -0.3 is 14.3 Å². The molecule has 1 aliphatic rings. The molecule has 2 aromatic rings. The van der Waals surface area contributed by atoms with Crippen molar-refractivity contribution in [3.05, 3.63) is 23.3 Å². The first-order valence-corrected chi connectivity index (χ1v) is 8.43. The first-order valence-electron chi connectivity index (χ1n) is 8.43. The summed E-state index contributed by atoms with van der Waals surface area (Å²) >= 11 is 0. The number of nitrogens with zero attached hydrogens (tertiary/aromatic N) is 6. The highest BCUT2D eigenvalue weighted by Gasteiger charge is 2.28. The van der Waals surface area contributed by atoms with Gasteiger partial charge in [-0.1, -0.05) is 0 Å². The summed E-state index contributed by atoms with van der Waals surface area (Å²) in [6.45, 7) is 2.42. The number of piperidine rings is 1. The van der Waals surface area contributed by atoms with Crippen LogP contribution in [0.5, 0.6) is 0 Å². The Hall–Kier alpha value is -2.42. The summed E-state index contributed by atoms with van der Waals surface area (Å²) in [4.78, 5) is 22.4. The Bertz CT molecular complexity index is 722. The normalized spacial score (nSPS) is 18.3. The van der Waals surface area contributed by atoms with E-state index in [0.29, 0.717) is 23.9 Å². The molecule has 1 aliphatic heterocycles. The lowest BCUT2D eigenvalue weighted by Gasteiger charge is -2.31. The van der Waals surface area contributed by atoms with Crippen molar-refractivity contribution in [2.75, 3.05) is 46.2 Å². The molecule has 3 heterocycles. The Kier molecular flexibility index (Phi) is 5.03. The van der Waals surface area contributed by atoms with Gasteiger partial charge in [-0.25, -0.2) is 0 Å². The maximum absolute atomic E-state index is 12.3. The van der Waals surface area contributed by atoms with Crippen LogP contribution in [0, 0.1) is 0 Å². The third-order valence-electron chi connectivity index (χ3n) is 4.44. The number of amides is 1. The van der Waals surface area contributed by atoms with E-state index in [-0.39, 0.29) is 11.8 Å². The second kappa shape index (κ2) is 7.22. The topological polar surface area (TPSA) is 94.4 Å². The molecule has 2 aromatic heterocycles. The Morgan fingerprint density at radius 3 is 2.88 bits per heavy atom. The monoisotopic (exact) mass is 347 g/mol. The van der Waals surface area contributed by atoms with Crippen LogP contribution in [0.25, 0.3) is 0 Å². The van der Waals surface area contributed by atoms with Crippen LogP contribution in [-0.4, -0.2) is 77.3 Å². The van der Waals surface area contributed by atoms with E-state index in [1.54, 1.807) is 25.2 Å². The van der Waals surface area contributed by atoms with Gasteiger partial charge in [0.25, 0.3) is 11.9 Å². The fourth-order valence-corrected chi connectivity index (χ4v) is 3.14. The molecule has 0 saturated carbocycles. The molecule has 1 fully saturated rings. The van der Waals surface area contributed by atoms with Crippen molar-refractivity contribution in [2.45, 2.75) is 25.3 Å². The van der Waals surface area contributed by atoms with E-state index in [4.69, 9.17) is 4.52 Å². The number of rotatable bonds is 5. The average Bonchev–Trinajstić information content (AvgIpc) is 3.23. The zero-order chi connectivity index (χ0) is 18.0.